The molecule has 3 nitrogen and oxygen atoms in total. The molecule has 3 heteroatoms. The Bertz CT molecular complexity index is 743. The maximum absolute atomic E-state index is 9.01. The van der Waals surface area contributed by atoms with Gasteiger partial charge < -0.3 is 15.6 Å². The molecule has 0 bridgehead atoms. The molecule has 2 atom stereocenters. The molecule has 0 unspecified atom stereocenters. The third-order valence-corrected chi connectivity index (χ3v) is 6.29. The Morgan fingerprint density at radius 2 is 2.00 bits per heavy atom. The van der Waals surface area contributed by atoms with Gasteiger partial charge in [-0.2, -0.15) is 0 Å². The zero-order chi connectivity index (χ0) is 19.8. The fourth-order valence-electron chi connectivity index (χ4n) is 4.54. The molecule has 152 valence electrons. The van der Waals surface area contributed by atoms with E-state index in [1.807, 2.05) is 6.07 Å². The molecule has 3 N–H and O–H groups in total. The summed E-state index contributed by atoms with van der Waals surface area (Å²) in [6.07, 6.45) is 8.91. The van der Waals surface area contributed by atoms with Crippen LogP contribution in [0, 0.1) is 5.92 Å². The van der Waals surface area contributed by atoms with Crippen LogP contribution in [0.15, 0.2) is 42.5 Å². The summed E-state index contributed by atoms with van der Waals surface area (Å²) in [6, 6.07) is 15.4. The van der Waals surface area contributed by atoms with Crippen molar-refractivity contribution in [2.75, 3.05) is 20.3 Å². The Labute approximate surface area is 169 Å². The molecular formula is C25H35NO2. The molecule has 0 amide bonds. The topological polar surface area (TPSA) is 55.5 Å². The minimum atomic E-state index is 0.276. The van der Waals surface area contributed by atoms with Crippen LogP contribution < -0.4 is 10.5 Å². The Hall–Kier alpha value is -1.84. The van der Waals surface area contributed by atoms with Gasteiger partial charge >= 0.3 is 0 Å². The fourth-order valence-corrected chi connectivity index (χ4v) is 4.54. The molecule has 0 saturated carbocycles. The number of rotatable bonds is 10. The summed E-state index contributed by atoms with van der Waals surface area (Å²) in [6.45, 7) is 0.962. The SMILES string of the molecule is COc1ccccc1CC[C@@H]1CCc2cc([C@H](CN)CCCCO)ccc2C1. The van der Waals surface area contributed by atoms with Crippen LogP contribution in [-0.2, 0) is 19.3 Å². The van der Waals surface area contributed by atoms with E-state index in [0.717, 1.165) is 37.4 Å². The lowest BCUT2D eigenvalue weighted by atomic mass is 9.79. The van der Waals surface area contributed by atoms with Crippen LogP contribution in [0.1, 0.15) is 60.3 Å². The Morgan fingerprint density at radius 3 is 2.79 bits per heavy atom. The summed E-state index contributed by atoms with van der Waals surface area (Å²) >= 11 is 0. The number of aliphatic hydroxyl groups excluding tert-OH is 1. The van der Waals surface area contributed by atoms with Gasteiger partial charge in [-0.05, 0) is 91.6 Å². The van der Waals surface area contributed by atoms with E-state index >= 15 is 0 Å². The van der Waals surface area contributed by atoms with Crippen LogP contribution >= 0.6 is 0 Å². The molecule has 0 spiro atoms. The van der Waals surface area contributed by atoms with E-state index in [9.17, 15) is 0 Å². The summed E-state index contributed by atoms with van der Waals surface area (Å²) in [5, 5.41) is 9.01. The maximum Gasteiger partial charge on any atom is 0.122 e. The lowest BCUT2D eigenvalue weighted by Gasteiger charge is -2.26. The van der Waals surface area contributed by atoms with Gasteiger partial charge in [0.1, 0.15) is 5.75 Å². The van der Waals surface area contributed by atoms with Crippen LogP contribution in [0.2, 0.25) is 0 Å². The normalized spacial score (nSPS) is 17.2. The van der Waals surface area contributed by atoms with Crippen LogP contribution in [0.4, 0.5) is 0 Å². The van der Waals surface area contributed by atoms with Crippen LogP contribution in [0.25, 0.3) is 0 Å². The zero-order valence-corrected chi connectivity index (χ0v) is 17.2. The van der Waals surface area contributed by atoms with Crippen LogP contribution in [0.3, 0.4) is 0 Å². The number of aryl methyl sites for hydroxylation is 2. The molecule has 28 heavy (non-hydrogen) atoms. The third kappa shape index (κ3) is 5.36. The maximum atomic E-state index is 9.01. The summed E-state index contributed by atoms with van der Waals surface area (Å²) in [5.41, 5.74) is 11.8. The van der Waals surface area contributed by atoms with Crippen molar-refractivity contribution in [3.63, 3.8) is 0 Å². The number of hydrogen-bond donors (Lipinski definition) is 2. The molecular weight excluding hydrogens is 346 g/mol. The van der Waals surface area contributed by atoms with Gasteiger partial charge in [0, 0.05) is 6.61 Å². The summed E-state index contributed by atoms with van der Waals surface area (Å²) in [4.78, 5) is 0. The summed E-state index contributed by atoms with van der Waals surface area (Å²) in [7, 11) is 1.76. The molecule has 3 rings (SSSR count). The third-order valence-electron chi connectivity index (χ3n) is 6.29. The highest BCUT2D eigenvalue weighted by atomic mass is 16.5. The smallest absolute Gasteiger partial charge is 0.122 e. The molecule has 2 aromatic carbocycles. The quantitative estimate of drug-likeness (QED) is 0.590. The number of ether oxygens (including phenoxy) is 1. The van der Waals surface area contributed by atoms with Gasteiger partial charge in [0.25, 0.3) is 0 Å². The number of fused-ring (bicyclic) bond motifs is 1. The van der Waals surface area contributed by atoms with Crippen molar-refractivity contribution < 1.29 is 9.84 Å². The largest absolute Gasteiger partial charge is 0.496 e. The molecule has 0 heterocycles. The van der Waals surface area contributed by atoms with E-state index in [4.69, 9.17) is 15.6 Å². The predicted octanol–water partition coefficient (Wildman–Crippen LogP) is 4.64. The van der Waals surface area contributed by atoms with E-state index in [0.29, 0.717) is 12.5 Å². The second-order valence-corrected chi connectivity index (χ2v) is 8.14. The van der Waals surface area contributed by atoms with Crippen LogP contribution in [0.5, 0.6) is 5.75 Å². The van der Waals surface area contributed by atoms with Gasteiger partial charge in [-0.15, -0.1) is 0 Å². The number of benzene rings is 2. The van der Waals surface area contributed by atoms with Crippen molar-refractivity contribution in [2.24, 2.45) is 11.7 Å². The minimum absolute atomic E-state index is 0.276. The monoisotopic (exact) mass is 381 g/mol. The van der Waals surface area contributed by atoms with Gasteiger partial charge in [0.2, 0.25) is 0 Å². The van der Waals surface area contributed by atoms with Crippen molar-refractivity contribution in [2.45, 2.75) is 57.3 Å². The van der Waals surface area contributed by atoms with E-state index in [1.54, 1.807) is 7.11 Å². The second kappa shape index (κ2) is 10.6. The van der Waals surface area contributed by atoms with E-state index in [1.165, 1.54) is 47.9 Å². The molecule has 0 radical (unpaired) electrons. The van der Waals surface area contributed by atoms with Gasteiger partial charge in [0.15, 0.2) is 0 Å². The number of hydrogen-bond acceptors (Lipinski definition) is 3. The number of methoxy groups -OCH3 is 1. The first-order chi connectivity index (χ1) is 13.7. The molecule has 0 saturated heterocycles. The second-order valence-electron chi connectivity index (χ2n) is 8.14. The highest BCUT2D eigenvalue weighted by Gasteiger charge is 2.20. The van der Waals surface area contributed by atoms with Crippen molar-refractivity contribution >= 4 is 0 Å². The average Bonchev–Trinajstić information content (AvgIpc) is 2.75. The average molecular weight is 382 g/mol. The number of para-hydroxylation sites is 1. The van der Waals surface area contributed by atoms with Crippen LogP contribution in [-0.4, -0.2) is 25.4 Å². The highest BCUT2D eigenvalue weighted by Crippen LogP contribution is 2.32. The number of unbranched alkanes of at least 4 members (excludes halogenated alkanes) is 1. The minimum Gasteiger partial charge on any atom is -0.496 e. The standard InChI is InChI=1S/C25H35NO2/c1-28-25-8-3-2-6-20(25)11-9-19-10-12-22-17-23(14-13-21(22)16-19)24(18-26)7-4-5-15-27/h2-3,6,8,13-14,17,19,24,27H,4-5,7,9-12,15-16,18,26H2,1H3/t19-,24+/m1/s1. The molecule has 1 aliphatic rings. The van der Waals surface area contributed by atoms with E-state index < -0.39 is 0 Å². The van der Waals surface area contributed by atoms with E-state index in [2.05, 4.69) is 36.4 Å². The van der Waals surface area contributed by atoms with Gasteiger partial charge in [-0.3, -0.25) is 0 Å². The molecule has 1 aliphatic carbocycles. The van der Waals surface area contributed by atoms with Gasteiger partial charge in [0.05, 0.1) is 7.11 Å². The summed E-state index contributed by atoms with van der Waals surface area (Å²) in [5.74, 6) is 2.18. The highest BCUT2D eigenvalue weighted by molar-refractivity contribution is 5.36. The van der Waals surface area contributed by atoms with E-state index in [-0.39, 0.29) is 6.61 Å². The number of aliphatic hydroxyl groups is 1. The first-order valence-electron chi connectivity index (χ1n) is 10.8. The van der Waals surface area contributed by atoms with Gasteiger partial charge in [-0.25, -0.2) is 0 Å². The number of nitrogens with two attached hydrogens (primary N) is 1. The van der Waals surface area contributed by atoms with Crippen molar-refractivity contribution in [3.05, 3.63) is 64.7 Å². The molecule has 2 aromatic rings. The summed E-state index contributed by atoms with van der Waals surface area (Å²) < 4.78 is 5.50. The first kappa shape index (κ1) is 20.9. The Kier molecular flexibility index (Phi) is 7.93. The van der Waals surface area contributed by atoms with Crippen molar-refractivity contribution in [1.82, 2.24) is 0 Å². The predicted molar refractivity (Wildman–Crippen MR) is 116 cm³/mol. The fraction of sp³-hybridized carbons (Fsp3) is 0.520. The molecule has 0 aliphatic heterocycles. The van der Waals surface area contributed by atoms with Gasteiger partial charge in [-0.1, -0.05) is 42.8 Å². The molecule has 0 fully saturated rings. The molecule has 0 aromatic heterocycles. The van der Waals surface area contributed by atoms with Crippen molar-refractivity contribution in [3.8, 4) is 5.75 Å². The zero-order valence-electron chi connectivity index (χ0n) is 17.2. The van der Waals surface area contributed by atoms with Crippen molar-refractivity contribution in [1.29, 1.82) is 0 Å². The lowest BCUT2D eigenvalue weighted by Crippen LogP contribution is -2.17. The Morgan fingerprint density at radius 1 is 1.14 bits per heavy atom. The first-order valence-corrected chi connectivity index (χ1v) is 10.8. The lowest BCUT2D eigenvalue weighted by molar-refractivity contribution is 0.281. The Balaban J connectivity index is 1.59.